The maximum Gasteiger partial charge on any atom is 0.273 e. The molecule has 3 nitrogen and oxygen atoms in total. The molecular weight excluding hydrogens is 211 g/mol. The van der Waals surface area contributed by atoms with Gasteiger partial charge in [0.1, 0.15) is 0 Å². The van der Waals surface area contributed by atoms with E-state index in [1.807, 2.05) is 13.8 Å². The molecule has 0 aliphatic carbocycles. The largest absolute Gasteiger partial charge is 0.354 e. The first-order valence-corrected chi connectivity index (χ1v) is 6.77. The minimum atomic E-state index is 0.138. The summed E-state index contributed by atoms with van der Waals surface area (Å²) in [6, 6.07) is 0.195. The van der Waals surface area contributed by atoms with Crippen molar-refractivity contribution >= 4 is 12.6 Å². The quantitative estimate of drug-likeness (QED) is 0.743. The number of carbonyl (C=O) groups is 1. The third kappa shape index (κ3) is 4.07. The Hall–Kier alpha value is -0.975. The average Bonchev–Trinajstić information content (AvgIpc) is 2.59. The van der Waals surface area contributed by atoms with Crippen LogP contribution < -0.4 is 5.32 Å². The molecule has 1 rings (SSSR count). The van der Waals surface area contributed by atoms with Crippen LogP contribution in [0.2, 0.25) is 11.6 Å². The van der Waals surface area contributed by atoms with Gasteiger partial charge in [-0.3, -0.25) is 4.79 Å². The van der Waals surface area contributed by atoms with E-state index in [1.54, 1.807) is 0 Å². The van der Waals surface area contributed by atoms with Gasteiger partial charge in [-0.1, -0.05) is 32.5 Å². The zero-order valence-electron chi connectivity index (χ0n) is 11.2. The lowest BCUT2D eigenvalue weighted by molar-refractivity contribution is -0.121. The second-order valence-corrected chi connectivity index (χ2v) is 5.42. The van der Waals surface area contributed by atoms with E-state index in [-0.39, 0.29) is 18.7 Å². The molecule has 1 heterocycles. The number of nitrogens with one attached hydrogen (secondary N) is 1. The van der Waals surface area contributed by atoms with E-state index < -0.39 is 0 Å². The van der Waals surface area contributed by atoms with Crippen molar-refractivity contribution in [2.24, 2.45) is 0 Å². The van der Waals surface area contributed by atoms with E-state index in [4.69, 9.17) is 5.26 Å². The lowest BCUT2D eigenvalue weighted by atomic mass is 9.38. The molecule has 17 heavy (non-hydrogen) atoms. The summed E-state index contributed by atoms with van der Waals surface area (Å²) < 4.78 is 0. The van der Waals surface area contributed by atoms with Gasteiger partial charge in [0.25, 0.3) is 6.71 Å². The van der Waals surface area contributed by atoms with E-state index in [2.05, 4.69) is 18.2 Å². The van der Waals surface area contributed by atoms with E-state index in [9.17, 15) is 4.79 Å². The third-order valence-electron chi connectivity index (χ3n) is 3.80. The van der Waals surface area contributed by atoms with Crippen LogP contribution in [0.1, 0.15) is 52.9 Å². The maximum atomic E-state index is 11.5. The van der Waals surface area contributed by atoms with Gasteiger partial charge in [-0.05, 0) is 25.6 Å². The van der Waals surface area contributed by atoms with E-state index >= 15 is 0 Å². The Labute approximate surface area is 105 Å². The lowest BCUT2D eigenvalue weighted by Crippen LogP contribution is -2.34. The first-order chi connectivity index (χ1) is 8.08. The van der Waals surface area contributed by atoms with Gasteiger partial charge in [0, 0.05) is 18.4 Å². The summed E-state index contributed by atoms with van der Waals surface area (Å²) in [5, 5.41) is 12.2. The molecule has 1 N–H and O–H groups in total. The van der Waals surface area contributed by atoms with Crippen LogP contribution in [0.15, 0.2) is 0 Å². The van der Waals surface area contributed by atoms with Crippen LogP contribution in [-0.4, -0.2) is 18.7 Å². The molecule has 0 spiro atoms. The lowest BCUT2D eigenvalue weighted by Gasteiger charge is -2.19. The number of amides is 1. The number of hydrogen-bond acceptors (Lipinski definition) is 2. The summed E-state index contributed by atoms with van der Waals surface area (Å²) in [7, 11) is 0. The molecular formula is C13H23BN2O. The molecule has 0 bridgehead atoms. The average molecular weight is 234 g/mol. The Morgan fingerprint density at radius 1 is 1.59 bits per heavy atom. The molecule has 94 valence electrons. The first-order valence-electron chi connectivity index (χ1n) is 6.77. The molecule has 1 fully saturated rings. The highest BCUT2D eigenvalue weighted by atomic mass is 16.1. The van der Waals surface area contributed by atoms with Crippen LogP contribution >= 0.6 is 0 Å². The van der Waals surface area contributed by atoms with E-state index in [0.717, 1.165) is 25.7 Å². The summed E-state index contributed by atoms with van der Waals surface area (Å²) in [5.41, 5.74) is 0. The number of nitrogens with zero attached hydrogens (tertiary/aromatic N) is 1. The molecule has 0 saturated carbocycles. The minimum absolute atomic E-state index is 0.138. The molecule has 4 heteroatoms. The van der Waals surface area contributed by atoms with Crippen LogP contribution in [-0.2, 0) is 4.79 Å². The summed E-state index contributed by atoms with van der Waals surface area (Å²) >= 11 is 0. The highest BCUT2D eigenvalue weighted by Crippen LogP contribution is 2.40. The van der Waals surface area contributed by atoms with Gasteiger partial charge < -0.3 is 5.32 Å². The number of carbonyl (C=O) groups excluding carboxylic acids is 1. The van der Waals surface area contributed by atoms with Crippen LogP contribution in [0, 0.1) is 11.2 Å². The predicted molar refractivity (Wildman–Crippen MR) is 70.9 cm³/mol. The van der Waals surface area contributed by atoms with Crippen molar-refractivity contribution < 1.29 is 4.79 Å². The highest BCUT2D eigenvalue weighted by Gasteiger charge is 2.38. The summed E-state index contributed by atoms with van der Waals surface area (Å²) in [6.45, 7) is 6.40. The molecule has 0 aromatic heterocycles. The van der Waals surface area contributed by atoms with Crippen molar-refractivity contribution in [1.29, 1.82) is 5.26 Å². The van der Waals surface area contributed by atoms with Gasteiger partial charge >= 0.3 is 0 Å². The van der Waals surface area contributed by atoms with Crippen molar-refractivity contribution in [2.45, 2.75) is 70.6 Å². The van der Waals surface area contributed by atoms with Gasteiger partial charge in [0.2, 0.25) is 5.91 Å². The SMILES string of the molecule is CCCC(=O)NC(C)CC1CCC(C)B1C#N. The summed E-state index contributed by atoms with van der Waals surface area (Å²) in [6.07, 6.45) is 4.72. The Balaban J connectivity index is 2.38. The normalized spacial score (nSPS) is 25.4. The van der Waals surface area contributed by atoms with Crippen molar-refractivity contribution in [3.05, 3.63) is 0 Å². The topological polar surface area (TPSA) is 52.9 Å². The van der Waals surface area contributed by atoms with Gasteiger partial charge in [-0.25, -0.2) is 5.26 Å². The molecule has 0 radical (unpaired) electrons. The van der Waals surface area contributed by atoms with Crippen LogP contribution in [0.25, 0.3) is 0 Å². The third-order valence-corrected chi connectivity index (χ3v) is 3.80. The fourth-order valence-electron chi connectivity index (χ4n) is 2.88. The molecule has 1 saturated heterocycles. The number of hydrogen-bond donors (Lipinski definition) is 1. The highest BCUT2D eigenvalue weighted by molar-refractivity contribution is 6.70. The molecule has 1 aliphatic rings. The van der Waals surface area contributed by atoms with Crippen molar-refractivity contribution in [2.75, 3.05) is 0 Å². The Kier molecular flexibility index (Phi) is 5.54. The molecule has 3 unspecified atom stereocenters. The fourth-order valence-corrected chi connectivity index (χ4v) is 2.88. The standard InChI is InChI=1S/C13H23BN2O/c1-4-5-13(17)16-11(3)8-12-7-6-10(2)14(12)9-15/h10-12H,4-8H2,1-3H3,(H,16,17). The van der Waals surface area contributed by atoms with Gasteiger partial charge in [0.15, 0.2) is 0 Å². The molecule has 0 aromatic rings. The second kappa shape index (κ2) is 6.69. The number of rotatable bonds is 5. The number of nitriles is 1. The predicted octanol–water partition coefficient (Wildman–Crippen LogP) is 2.79. The minimum Gasteiger partial charge on any atom is -0.354 e. The van der Waals surface area contributed by atoms with E-state index in [1.165, 1.54) is 0 Å². The summed E-state index contributed by atoms with van der Waals surface area (Å²) in [5.74, 6) is 3.56. The van der Waals surface area contributed by atoms with Gasteiger partial charge in [0.05, 0.1) is 0 Å². The second-order valence-electron chi connectivity index (χ2n) is 5.42. The van der Waals surface area contributed by atoms with Gasteiger partial charge in [-0.2, -0.15) is 0 Å². The first kappa shape index (κ1) is 14.1. The zero-order valence-corrected chi connectivity index (χ0v) is 11.2. The molecule has 0 aromatic carbocycles. The van der Waals surface area contributed by atoms with Crippen LogP contribution in [0.5, 0.6) is 0 Å². The van der Waals surface area contributed by atoms with Crippen molar-refractivity contribution in [3.63, 3.8) is 0 Å². The van der Waals surface area contributed by atoms with Crippen LogP contribution in [0.4, 0.5) is 0 Å². The Morgan fingerprint density at radius 3 is 2.88 bits per heavy atom. The fraction of sp³-hybridized carbons (Fsp3) is 0.846. The smallest absolute Gasteiger partial charge is 0.273 e. The van der Waals surface area contributed by atoms with Crippen molar-refractivity contribution in [3.8, 4) is 5.97 Å². The Bertz CT molecular complexity index is 300. The monoisotopic (exact) mass is 234 g/mol. The van der Waals surface area contributed by atoms with Crippen LogP contribution in [0.3, 0.4) is 0 Å². The zero-order chi connectivity index (χ0) is 12.8. The van der Waals surface area contributed by atoms with Gasteiger partial charge in [-0.15, -0.1) is 0 Å². The molecule has 3 atom stereocenters. The van der Waals surface area contributed by atoms with Crippen molar-refractivity contribution in [1.82, 2.24) is 5.32 Å². The molecule has 1 amide bonds. The summed E-state index contributed by atoms with van der Waals surface area (Å²) in [4.78, 5) is 11.5. The Morgan fingerprint density at radius 2 is 2.29 bits per heavy atom. The van der Waals surface area contributed by atoms with E-state index in [0.29, 0.717) is 18.1 Å². The molecule has 1 aliphatic heterocycles. The maximum absolute atomic E-state index is 11.5.